The second-order valence-electron chi connectivity index (χ2n) is 0.674. The summed E-state index contributed by atoms with van der Waals surface area (Å²) in [6.07, 6.45) is 1.81. The summed E-state index contributed by atoms with van der Waals surface area (Å²) in [6, 6.07) is 0. The Morgan fingerprint density at radius 1 is 2.00 bits per heavy atom. The summed E-state index contributed by atoms with van der Waals surface area (Å²) in [6.45, 7) is 1.88. The van der Waals surface area contributed by atoms with E-state index in [1.54, 1.807) is 0 Å². The van der Waals surface area contributed by atoms with E-state index in [-0.39, 0.29) is 0 Å². The summed E-state index contributed by atoms with van der Waals surface area (Å²) in [5, 5.41) is 0. The van der Waals surface area contributed by atoms with Gasteiger partial charge in [0.15, 0.2) is 0 Å². The highest BCUT2D eigenvalue weighted by Crippen LogP contribution is 2.07. The van der Waals surface area contributed by atoms with Gasteiger partial charge in [-0.05, 0) is 6.92 Å². The molecule has 0 spiro atoms. The lowest BCUT2D eigenvalue weighted by molar-refractivity contribution is 1.77. The van der Waals surface area contributed by atoms with Gasteiger partial charge in [-0.3, -0.25) is 0 Å². The highest BCUT2D eigenvalue weighted by molar-refractivity contribution is 7.27. The van der Waals surface area contributed by atoms with Gasteiger partial charge in [0.1, 0.15) is 0 Å². The molecule has 0 radical (unpaired) electrons. The number of hydrogen-bond acceptors (Lipinski definition) is 0. The zero-order valence-corrected chi connectivity index (χ0v) is 4.94. The Labute approximate surface area is 39.4 Å². The highest BCUT2D eigenvalue weighted by Gasteiger charge is 1.64. The zero-order valence-electron chi connectivity index (χ0n) is 3.03. The Hall–Kier alpha value is 0.460. The molecule has 1 atom stereocenters. The van der Waals surface area contributed by atoms with Crippen molar-refractivity contribution < 1.29 is 0 Å². The average Bonchev–Trinajstić information content (AvgIpc) is 1.38. The fourth-order valence-electron chi connectivity index (χ4n) is 0. The number of halogens is 1. The van der Waals surface area contributed by atoms with Crippen molar-refractivity contribution in [2.75, 3.05) is 0 Å². The van der Waals surface area contributed by atoms with E-state index in [0.717, 1.165) is 4.77 Å². The van der Waals surface area contributed by atoms with E-state index in [2.05, 4.69) is 9.24 Å². The minimum absolute atomic E-state index is 0.769. The van der Waals surface area contributed by atoms with E-state index in [1.165, 1.54) is 0 Å². The molecule has 0 amide bonds. The lowest BCUT2D eigenvalue weighted by Gasteiger charge is -1.70. The van der Waals surface area contributed by atoms with Crippen LogP contribution in [0.15, 0.2) is 10.8 Å². The van der Waals surface area contributed by atoms with Crippen LogP contribution in [0.25, 0.3) is 0 Å². The van der Waals surface area contributed by atoms with Crippen LogP contribution in [0, 0.1) is 0 Å². The normalized spacial score (nSPS) is 12.2. The third-order valence-corrected chi connectivity index (χ3v) is 0.827. The first-order valence-electron chi connectivity index (χ1n) is 1.34. The highest BCUT2D eigenvalue weighted by atomic mass is 35.5. The van der Waals surface area contributed by atoms with Crippen molar-refractivity contribution in [3.05, 3.63) is 10.8 Å². The third-order valence-electron chi connectivity index (χ3n) is 0.276. The van der Waals surface area contributed by atoms with Gasteiger partial charge in [0.05, 0.1) is 0 Å². The molecule has 0 aliphatic rings. The van der Waals surface area contributed by atoms with Crippen LogP contribution in [-0.4, -0.2) is 0 Å². The van der Waals surface area contributed by atoms with Crippen molar-refractivity contribution in [3.63, 3.8) is 0 Å². The number of hydrogen-bond donors (Lipinski definition) is 0. The van der Waals surface area contributed by atoms with Crippen LogP contribution >= 0.6 is 20.8 Å². The summed E-state index contributed by atoms with van der Waals surface area (Å²) < 4.78 is 0.769. The number of rotatable bonds is 0. The molecule has 0 heterocycles. The van der Waals surface area contributed by atoms with Gasteiger partial charge in [0.25, 0.3) is 0 Å². The quantitative estimate of drug-likeness (QED) is 0.416. The van der Waals surface area contributed by atoms with Crippen molar-refractivity contribution in [2.24, 2.45) is 0 Å². The molecule has 0 saturated carbocycles. The molecule has 1 unspecified atom stereocenters. The molecule has 0 aromatic heterocycles. The van der Waals surface area contributed by atoms with Gasteiger partial charge in [-0.2, -0.15) is 0 Å². The van der Waals surface area contributed by atoms with Crippen LogP contribution in [0.1, 0.15) is 6.92 Å². The van der Waals surface area contributed by atoms with Gasteiger partial charge >= 0.3 is 0 Å². The molecule has 0 aliphatic carbocycles. The standard InChI is InChI=1S/C3H6ClP/c1-2-3(4)5/h2H,5H2,1H3/b3-2+. The van der Waals surface area contributed by atoms with Crippen molar-refractivity contribution in [3.8, 4) is 0 Å². The van der Waals surface area contributed by atoms with E-state index in [1.807, 2.05) is 13.0 Å². The van der Waals surface area contributed by atoms with Gasteiger partial charge in [-0.25, -0.2) is 0 Å². The van der Waals surface area contributed by atoms with Gasteiger partial charge in [0.2, 0.25) is 0 Å². The molecule has 0 saturated heterocycles. The maximum Gasteiger partial charge on any atom is 0.0308 e. The fourth-order valence-corrected chi connectivity index (χ4v) is 0. The van der Waals surface area contributed by atoms with Gasteiger partial charge < -0.3 is 0 Å². The topological polar surface area (TPSA) is 0 Å². The first-order valence-corrected chi connectivity index (χ1v) is 2.30. The van der Waals surface area contributed by atoms with Crippen LogP contribution in [-0.2, 0) is 0 Å². The van der Waals surface area contributed by atoms with Gasteiger partial charge in [-0.1, -0.05) is 26.9 Å². The fraction of sp³-hybridized carbons (Fsp3) is 0.333. The first kappa shape index (κ1) is 5.46. The number of allylic oxidation sites excluding steroid dienone is 1. The molecule has 0 rings (SSSR count). The van der Waals surface area contributed by atoms with E-state index < -0.39 is 0 Å². The Morgan fingerprint density at radius 2 is 2.20 bits per heavy atom. The zero-order chi connectivity index (χ0) is 4.28. The summed E-state index contributed by atoms with van der Waals surface area (Å²) >= 11 is 5.29. The predicted octanol–water partition coefficient (Wildman–Crippen LogP) is 1.96. The Balaban J connectivity index is 3.14. The molecule has 0 fully saturated rings. The van der Waals surface area contributed by atoms with Crippen LogP contribution in [0.4, 0.5) is 0 Å². The molecule has 0 aliphatic heterocycles. The largest absolute Gasteiger partial charge is 0.0934 e. The van der Waals surface area contributed by atoms with E-state index in [9.17, 15) is 0 Å². The molecular formula is C3H6ClP. The summed E-state index contributed by atoms with van der Waals surface area (Å²) in [4.78, 5) is 0. The smallest absolute Gasteiger partial charge is 0.0308 e. The second-order valence-corrected chi connectivity index (χ2v) is 2.10. The SMILES string of the molecule is C/C=C(/P)Cl. The van der Waals surface area contributed by atoms with Crippen LogP contribution in [0.5, 0.6) is 0 Å². The van der Waals surface area contributed by atoms with Crippen LogP contribution in [0.3, 0.4) is 0 Å². The summed E-state index contributed by atoms with van der Waals surface area (Å²) in [5.41, 5.74) is 0. The van der Waals surface area contributed by atoms with Crippen molar-refractivity contribution in [1.29, 1.82) is 0 Å². The van der Waals surface area contributed by atoms with Crippen LogP contribution < -0.4 is 0 Å². The molecule has 0 N–H and O–H groups in total. The maximum absolute atomic E-state index is 5.29. The third kappa shape index (κ3) is 4.46. The maximum atomic E-state index is 5.29. The molecule has 30 valence electrons. The Kier molecular flexibility index (Phi) is 2.93. The minimum atomic E-state index is 0.769. The summed E-state index contributed by atoms with van der Waals surface area (Å²) in [5.74, 6) is 0. The van der Waals surface area contributed by atoms with Gasteiger partial charge in [0, 0.05) is 4.77 Å². The molecular weight excluding hydrogens is 102 g/mol. The van der Waals surface area contributed by atoms with Crippen molar-refractivity contribution in [1.82, 2.24) is 0 Å². The predicted molar refractivity (Wildman–Crippen MR) is 29.3 cm³/mol. The monoisotopic (exact) mass is 108 g/mol. The lowest BCUT2D eigenvalue weighted by atomic mass is 10.8. The molecule has 0 nitrogen and oxygen atoms in total. The Bertz CT molecular complexity index is 44.9. The molecule has 5 heavy (non-hydrogen) atoms. The average molecular weight is 109 g/mol. The lowest BCUT2D eigenvalue weighted by Crippen LogP contribution is -1.36. The molecule has 0 aromatic carbocycles. The minimum Gasteiger partial charge on any atom is -0.0934 e. The van der Waals surface area contributed by atoms with E-state index in [0.29, 0.717) is 0 Å². The summed E-state index contributed by atoms with van der Waals surface area (Å²) in [7, 11) is 2.36. The van der Waals surface area contributed by atoms with Crippen molar-refractivity contribution >= 4 is 20.8 Å². The van der Waals surface area contributed by atoms with Crippen molar-refractivity contribution in [2.45, 2.75) is 6.92 Å². The van der Waals surface area contributed by atoms with E-state index in [4.69, 9.17) is 11.6 Å². The molecule has 2 heteroatoms. The first-order chi connectivity index (χ1) is 2.27. The van der Waals surface area contributed by atoms with E-state index >= 15 is 0 Å². The Morgan fingerprint density at radius 3 is 2.20 bits per heavy atom. The molecule has 0 bridgehead atoms. The van der Waals surface area contributed by atoms with Gasteiger partial charge in [-0.15, -0.1) is 0 Å². The second kappa shape index (κ2) is 2.68. The van der Waals surface area contributed by atoms with Crippen LogP contribution in [0.2, 0.25) is 0 Å². The molecule has 0 aromatic rings.